The molecule has 0 unspecified atom stereocenters. The van der Waals surface area contributed by atoms with Crippen molar-refractivity contribution in [1.29, 1.82) is 0 Å². The summed E-state index contributed by atoms with van der Waals surface area (Å²) in [5, 5.41) is 3.27. The molecule has 1 aromatic heterocycles. The van der Waals surface area contributed by atoms with Crippen LogP contribution >= 0.6 is 11.3 Å². The van der Waals surface area contributed by atoms with Gasteiger partial charge >= 0.3 is 5.97 Å². The van der Waals surface area contributed by atoms with E-state index >= 15 is 0 Å². The molecule has 1 N–H and O–H groups in total. The molecule has 1 heterocycles. The SMILES string of the molecule is CCOc1ccc(-c2c(C)sc(NC(=O)c3ccc(OC)c(OC)c3)c2C(=O)OC)cc1. The molecule has 0 saturated carbocycles. The minimum absolute atomic E-state index is 0.313. The Balaban J connectivity index is 1.99. The van der Waals surface area contributed by atoms with Gasteiger partial charge in [0.05, 0.1) is 27.9 Å². The summed E-state index contributed by atoms with van der Waals surface area (Å²) in [6.07, 6.45) is 0. The van der Waals surface area contributed by atoms with Gasteiger partial charge in [-0.3, -0.25) is 4.79 Å². The first-order valence-electron chi connectivity index (χ1n) is 9.91. The van der Waals surface area contributed by atoms with Crippen LogP contribution in [0.15, 0.2) is 42.5 Å². The fraction of sp³-hybridized carbons (Fsp3) is 0.250. The maximum absolute atomic E-state index is 12.9. The number of hydrogen-bond acceptors (Lipinski definition) is 7. The van der Waals surface area contributed by atoms with Gasteiger partial charge in [0.1, 0.15) is 16.3 Å². The van der Waals surface area contributed by atoms with Gasteiger partial charge < -0.3 is 24.3 Å². The lowest BCUT2D eigenvalue weighted by atomic mass is 10.0. The van der Waals surface area contributed by atoms with Gasteiger partial charge in [-0.2, -0.15) is 0 Å². The first-order valence-corrected chi connectivity index (χ1v) is 10.7. The predicted molar refractivity (Wildman–Crippen MR) is 124 cm³/mol. The number of thiophene rings is 1. The highest BCUT2D eigenvalue weighted by molar-refractivity contribution is 7.17. The summed E-state index contributed by atoms with van der Waals surface area (Å²) in [7, 11) is 4.34. The lowest BCUT2D eigenvalue weighted by molar-refractivity contribution is 0.0603. The molecule has 0 aliphatic heterocycles. The second kappa shape index (κ2) is 10.2. The molecule has 0 atom stereocenters. The number of benzene rings is 2. The molecule has 2 aromatic carbocycles. The van der Waals surface area contributed by atoms with Crippen LogP contribution in [-0.4, -0.2) is 39.8 Å². The van der Waals surface area contributed by atoms with Crippen LogP contribution in [0.4, 0.5) is 5.00 Å². The minimum Gasteiger partial charge on any atom is -0.494 e. The van der Waals surface area contributed by atoms with Crippen molar-refractivity contribution in [3.8, 4) is 28.4 Å². The van der Waals surface area contributed by atoms with Crippen molar-refractivity contribution in [1.82, 2.24) is 0 Å². The second-order valence-electron chi connectivity index (χ2n) is 6.71. The minimum atomic E-state index is -0.527. The Hall–Kier alpha value is -3.52. The Morgan fingerprint density at radius 2 is 1.66 bits per heavy atom. The third kappa shape index (κ3) is 4.70. The maximum atomic E-state index is 12.9. The van der Waals surface area contributed by atoms with Crippen LogP contribution in [0.2, 0.25) is 0 Å². The number of amides is 1. The largest absolute Gasteiger partial charge is 0.494 e. The molecule has 168 valence electrons. The monoisotopic (exact) mass is 455 g/mol. The molecule has 0 bridgehead atoms. The van der Waals surface area contributed by atoms with Gasteiger partial charge in [0.25, 0.3) is 5.91 Å². The number of rotatable bonds is 8. The number of methoxy groups -OCH3 is 3. The van der Waals surface area contributed by atoms with E-state index in [1.165, 1.54) is 32.7 Å². The van der Waals surface area contributed by atoms with E-state index in [0.29, 0.717) is 39.8 Å². The van der Waals surface area contributed by atoms with Gasteiger partial charge in [0.15, 0.2) is 11.5 Å². The number of anilines is 1. The van der Waals surface area contributed by atoms with Crippen LogP contribution < -0.4 is 19.5 Å². The van der Waals surface area contributed by atoms with E-state index in [1.807, 2.05) is 38.1 Å². The zero-order valence-electron chi connectivity index (χ0n) is 18.6. The molecular formula is C24H25NO6S. The number of hydrogen-bond donors (Lipinski definition) is 1. The molecule has 3 aromatic rings. The fourth-order valence-corrected chi connectivity index (χ4v) is 4.37. The zero-order valence-corrected chi connectivity index (χ0v) is 19.4. The molecule has 1 amide bonds. The number of aryl methyl sites for hydroxylation is 1. The Morgan fingerprint density at radius 1 is 0.969 bits per heavy atom. The summed E-state index contributed by atoms with van der Waals surface area (Å²) in [6.45, 7) is 4.38. The van der Waals surface area contributed by atoms with E-state index in [0.717, 1.165) is 16.2 Å². The average molecular weight is 456 g/mol. The average Bonchev–Trinajstić information content (AvgIpc) is 3.14. The maximum Gasteiger partial charge on any atom is 0.341 e. The molecule has 3 rings (SSSR count). The third-order valence-electron chi connectivity index (χ3n) is 4.80. The molecule has 0 aliphatic rings. The van der Waals surface area contributed by atoms with Gasteiger partial charge in [0, 0.05) is 16.0 Å². The van der Waals surface area contributed by atoms with Crippen molar-refractivity contribution in [3.05, 3.63) is 58.5 Å². The molecule has 0 saturated heterocycles. The van der Waals surface area contributed by atoms with Crippen LogP contribution in [0, 0.1) is 6.92 Å². The fourth-order valence-electron chi connectivity index (χ4n) is 3.31. The smallest absolute Gasteiger partial charge is 0.341 e. The lowest BCUT2D eigenvalue weighted by Gasteiger charge is -2.11. The number of esters is 1. The van der Waals surface area contributed by atoms with E-state index in [1.54, 1.807) is 18.2 Å². The van der Waals surface area contributed by atoms with Crippen molar-refractivity contribution in [2.24, 2.45) is 0 Å². The normalized spacial score (nSPS) is 10.4. The highest BCUT2D eigenvalue weighted by Crippen LogP contribution is 2.41. The van der Waals surface area contributed by atoms with E-state index in [4.69, 9.17) is 18.9 Å². The molecule has 8 heteroatoms. The van der Waals surface area contributed by atoms with E-state index in [9.17, 15) is 9.59 Å². The topological polar surface area (TPSA) is 83.1 Å². The molecule has 0 spiro atoms. The van der Waals surface area contributed by atoms with Crippen molar-refractivity contribution in [3.63, 3.8) is 0 Å². The van der Waals surface area contributed by atoms with Crippen LogP contribution in [0.3, 0.4) is 0 Å². The Kier molecular flexibility index (Phi) is 7.37. The predicted octanol–water partition coefficient (Wildman–Crippen LogP) is 5.18. The second-order valence-corrected chi connectivity index (χ2v) is 7.93. The van der Waals surface area contributed by atoms with Crippen molar-refractivity contribution in [2.75, 3.05) is 33.3 Å². The van der Waals surface area contributed by atoms with E-state index in [2.05, 4.69) is 5.32 Å². The number of carbonyl (C=O) groups excluding carboxylic acids is 2. The summed E-state index contributed by atoms with van der Waals surface area (Å²) >= 11 is 1.31. The number of ether oxygens (including phenoxy) is 4. The van der Waals surface area contributed by atoms with Crippen molar-refractivity contribution < 1.29 is 28.5 Å². The van der Waals surface area contributed by atoms with Crippen molar-refractivity contribution in [2.45, 2.75) is 13.8 Å². The van der Waals surface area contributed by atoms with E-state index in [-0.39, 0.29) is 5.91 Å². The molecule has 32 heavy (non-hydrogen) atoms. The Morgan fingerprint density at radius 3 is 2.25 bits per heavy atom. The molecule has 0 fully saturated rings. The first kappa shape index (κ1) is 23.1. The van der Waals surface area contributed by atoms with Gasteiger partial charge in [-0.05, 0) is 49.7 Å². The van der Waals surface area contributed by atoms with Gasteiger partial charge in [-0.1, -0.05) is 12.1 Å². The van der Waals surface area contributed by atoms with Gasteiger partial charge in [-0.15, -0.1) is 11.3 Å². The number of carbonyl (C=O) groups is 2. The van der Waals surface area contributed by atoms with Crippen LogP contribution in [0.25, 0.3) is 11.1 Å². The summed E-state index contributed by atoms with van der Waals surface area (Å²) in [6, 6.07) is 12.3. The quantitative estimate of drug-likeness (QED) is 0.472. The summed E-state index contributed by atoms with van der Waals surface area (Å²) < 4.78 is 21.0. The van der Waals surface area contributed by atoms with Gasteiger partial charge in [-0.25, -0.2) is 4.79 Å². The molecule has 7 nitrogen and oxygen atoms in total. The van der Waals surface area contributed by atoms with Crippen LogP contribution in [0.1, 0.15) is 32.5 Å². The molecule has 0 aliphatic carbocycles. The Labute approximate surface area is 190 Å². The highest BCUT2D eigenvalue weighted by atomic mass is 32.1. The lowest BCUT2D eigenvalue weighted by Crippen LogP contribution is -2.14. The summed E-state index contributed by atoms with van der Waals surface area (Å²) in [4.78, 5) is 26.5. The Bertz CT molecular complexity index is 1120. The van der Waals surface area contributed by atoms with Gasteiger partial charge in [0.2, 0.25) is 0 Å². The highest BCUT2D eigenvalue weighted by Gasteiger charge is 2.25. The molecule has 0 radical (unpaired) electrons. The summed E-state index contributed by atoms with van der Waals surface area (Å²) in [5.41, 5.74) is 2.22. The van der Waals surface area contributed by atoms with Crippen LogP contribution in [0.5, 0.6) is 17.2 Å². The standard InChI is InChI=1S/C24H25NO6S/c1-6-31-17-10-7-15(8-11-17)20-14(2)32-23(21(20)24(27)30-5)25-22(26)16-9-12-18(28-3)19(13-16)29-4/h7-13H,6H2,1-5H3,(H,25,26). The zero-order chi connectivity index (χ0) is 23.3. The number of nitrogens with one attached hydrogen (secondary N) is 1. The third-order valence-corrected chi connectivity index (χ3v) is 5.82. The van der Waals surface area contributed by atoms with E-state index < -0.39 is 5.97 Å². The van der Waals surface area contributed by atoms with Crippen LogP contribution in [-0.2, 0) is 4.74 Å². The molecular weight excluding hydrogens is 430 g/mol. The summed E-state index contributed by atoms with van der Waals surface area (Å²) in [5.74, 6) is 0.789. The van der Waals surface area contributed by atoms with Crippen molar-refractivity contribution >= 4 is 28.2 Å². The first-order chi connectivity index (χ1) is 15.4.